The van der Waals surface area contributed by atoms with Crippen molar-refractivity contribution in [2.45, 2.75) is 25.8 Å². The lowest BCUT2D eigenvalue weighted by Crippen LogP contribution is -2.45. The fourth-order valence-corrected chi connectivity index (χ4v) is 2.42. The first-order valence-corrected chi connectivity index (χ1v) is 4.91. The van der Waals surface area contributed by atoms with Crippen LogP contribution in [-0.4, -0.2) is 32.4 Å². The van der Waals surface area contributed by atoms with E-state index in [2.05, 4.69) is 5.10 Å². The molecule has 1 aliphatic rings. The van der Waals surface area contributed by atoms with Crippen LogP contribution in [0.15, 0.2) is 6.20 Å². The molecule has 1 aromatic heterocycles. The first kappa shape index (κ1) is 10.0. The highest BCUT2D eigenvalue weighted by molar-refractivity contribution is 5.66. The summed E-state index contributed by atoms with van der Waals surface area (Å²) < 4.78 is 1.84. The summed E-state index contributed by atoms with van der Waals surface area (Å²) in [4.78, 5) is 12.4. The number of aryl methyl sites for hydroxylation is 1. The van der Waals surface area contributed by atoms with Crippen molar-refractivity contribution in [3.8, 4) is 0 Å². The molecule has 0 fully saturated rings. The van der Waals surface area contributed by atoms with Gasteiger partial charge in [-0.05, 0) is 0 Å². The predicted octanol–water partition coefficient (Wildman–Crippen LogP) is 1.19. The normalized spacial score (nSPS) is 18.7. The molecule has 0 aliphatic carbocycles. The van der Waals surface area contributed by atoms with Crippen molar-refractivity contribution in [1.82, 2.24) is 14.7 Å². The largest absolute Gasteiger partial charge is 0.465 e. The predicted molar refractivity (Wildman–Crippen MR) is 54.7 cm³/mol. The maximum Gasteiger partial charge on any atom is 0.407 e. The van der Waals surface area contributed by atoms with E-state index in [-0.39, 0.29) is 5.41 Å². The van der Waals surface area contributed by atoms with E-state index in [9.17, 15) is 4.79 Å². The van der Waals surface area contributed by atoms with Gasteiger partial charge in [-0.1, -0.05) is 13.8 Å². The van der Waals surface area contributed by atoms with Crippen LogP contribution in [0.1, 0.15) is 25.1 Å². The van der Waals surface area contributed by atoms with Gasteiger partial charge in [-0.3, -0.25) is 4.68 Å². The highest BCUT2D eigenvalue weighted by atomic mass is 16.4. The zero-order chi connectivity index (χ0) is 11.2. The van der Waals surface area contributed by atoms with Crippen LogP contribution >= 0.6 is 0 Å². The minimum absolute atomic E-state index is 0.169. The van der Waals surface area contributed by atoms with E-state index in [1.165, 1.54) is 4.90 Å². The van der Waals surface area contributed by atoms with Gasteiger partial charge in [0.15, 0.2) is 0 Å². The van der Waals surface area contributed by atoms with Crippen LogP contribution in [-0.2, 0) is 19.0 Å². The third-order valence-electron chi connectivity index (χ3n) is 2.87. The summed E-state index contributed by atoms with van der Waals surface area (Å²) in [7, 11) is 1.90. The number of fused-ring (bicyclic) bond motifs is 1. The monoisotopic (exact) mass is 209 g/mol. The highest BCUT2D eigenvalue weighted by Crippen LogP contribution is 2.32. The van der Waals surface area contributed by atoms with Crippen molar-refractivity contribution in [3.05, 3.63) is 17.5 Å². The van der Waals surface area contributed by atoms with Gasteiger partial charge in [0.05, 0.1) is 18.4 Å². The number of nitrogens with zero attached hydrogens (tertiary/aromatic N) is 3. The molecule has 2 heterocycles. The van der Waals surface area contributed by atoms with Crippen molar-refractivity contribution >= 4 is 6.09 Å². The van der Waals surface area contributed by atoms with Gasteiger partial charge in [0.1, 0.15) is 0 Å². The van der Waals surface area contributed by atoms with E-state index < -0.39 is 6.09 Å². The molecular weight excluding hydrogens is 194 g/mol. The van der Waals surface area contributed by atoms with Gasteiger partial charge in [-0.25, -0.2) is 4.79 Å². The van der Waals surface area contributed by atoms with E-state index in [1.807, 2.05) is 25.6 Å². The summed E-state index contributed by atoms with van der Waals surface area (Å²) in [6, 6.07) is 0. The Hall–Kier alpha value is -1.52. The average molecular weight is 209 g/mol. The number of rotatable bonds is 0. The molecule has 0 atom stereocenters. The number of carbonyl (C=O) groups is 1. The SMILES string of the molecule is Cn1ncc2c1C(C)(C)CN(C(=O)O)C2. The standard InChI is InChI=1S/C10H15N3O2/c1-10(2)6-13(9(14)15)5-7-4-11-12(3)8(7)10/h4H,5-6H2,1-3H3,(H,14,15). The first-order chi connectivity index (χ1) is 6.92. The molecule has 1 aromatic rings. The molecule has 0 radical (unpaired) electrons. The minimum atomic E-state index is -0.863. The second kappa shape index (κ2) is 2.98. The van der Waals surface area contributed by atoms with Crippen molar-refractivity contribution in [2.75, 3.05) is 6.54 Å². The smallest absolute Gasteiger partial charge is 0.407 e. The van der Waals surface area contributed by atoms with Crippen molar-refractivity contribution in [1.29, 1.82) is 0 Å². The maximum absolute atomic E-state index is 11.0. The van der Waals surface area contributed by atoms with Gasteiger partial charge < -0.3 is 10.0 Å². The second-order valence-electron chi connectivity index (χ2n) is 4.66. The molecule has 1 aliphatic heterocycles. The quantitative estimate of drug-likeness (QED) is 0.698. The van der Waals surface area contributed by atoms with E-state index in [4.69, 9.17) is 5.11 Å². The Morgan fingerprint density at radius 1 is 1.60 bits per heavy atom. The second-order valence-corrected chi connectivity index (χ2v) is 4.66. The Balaban J connectivity index is 2.45. The molecule has 1 amide bonds. The number of hydrogen-bond donors (Lipinski definition) is 1. The molecule has 0 saturated carbocycles. The Labute approximate surface area is 88.3 Å². The lowest BCUT2D eigenvalue weighted by molar-refractivity contribution is 0.124. The molecule has 0 spiro atoms. The number of amides is 1. The van der Waals surface area contributed by atoms with Crippen LogP contribution < -0.4 is 0 Å². The number of carboxylic acid groups (broad SMARTS) is 1. The minimum Gasteiger partial charge on any atom is -0.465 e. The third kappa shape index (κ3) is 1.48. The van der Waals surface area contributed by atoms with Gasteiger partial charge in [0, 0.05) is 24.6 Å². The summed E-state index contributed by atoms with van der Waals surface area (Å²) in [6.45, 7) is 5.06. The van der Waals surface area contributed by atoms with Gasteiger partial charge in [0.2, 0.25) is 0 Å². The Morgan fingerprint density at radius 3 is 2.87 bits per heavy atom. The molecule has 0 saturated heterocycles. The average Bonchev–Trinajstić information content (AvgIpc) is 2.46. The molecule has 5 nitrogen and oxygen atoms in total. The molecule has 82 valence electrons. The fourth-order valence-electron chi connectivity index (χ4n) is 2.42. The van der Waals surface area contributed by atoms with Crippen LogP contribution in [0.4, 0.5) is 4.79 Å². The summed E-state index contributed by atoms with van der Waals surface area (Å²) in [5.74, 6) is 0. The number of hydrogen-bond acceptors (Lipinski definition) is 2. The Bertz CT molecular complexity index is 409. The van der Waals surface area contributed by atoms with E-state index in [0.717, 1.165) is 11.3 Å². The maximum atomic E-state index is 11.0. The lowest BCUT2D eigenvalue weighted by atomic mass is 9.83. The van der Waals surface area contributed by atoms with Crippen LogP contribution in [0.5, 0.6) is 0 Å². The first-order valence-electron chi connectivity index (χ1n) is 4.91. The third-order valence-corrected chi connectivity index (χ3v) is 2.87. The molecule has 1 N–H and O–H groups in total. The van der Waals surface area contributed by atoms with Crippen molar-refractivity contribution in [2.24, 2.45) is 7.05 Å². The van der Waals surface area contributed by atoms with Crippen LogP contribution in [0.3, 0.4) is 0 Å². The molecule has 0 bridgehead atoms. The van der Waals surface area contributed by atoms with Crippen molar-refractivity contribution in [3.63, 3.8) is 0 Å². The van der Waals surface area contributed by atoms with Crippen LogP contribution in [0.2, 0.25) is 0 Å². The van der Waals surface area contributed by atoms with Crippen LogP contribution in [0, 0.1) is 0 Å². The van der Waals surface area contributed by atoms with E-state index in [1.54, 1.807) is 6.20 Å². The van der Waals surface area contributed by atoms with Gasteiger partial charge in [-0.15, -0.1) is 0 Å². The topological polar surface area (TPSA) is 58.4 Å². The molecule has 2 rings (SSSR count). The molecule has 15 heavy (non-hydrogen) atoms. The van der Waals surface area contributed by atoms with Crippen molar-refractivity contribution < 1.29 is 9.90 Å². The Morgan fingerprint density at radius 2 is 2.27 bits per heavy atom. The van der Waals surface area contributed by atoms with Gasteiger partial charge in [0.25, 0.3) is 0 Å². The molecule has 0 aromatic carbocycles. The number of aromatic nitrogens is 2. The van der Waals surface area contributed by atoms with Gasteiger partial charge in [-0.2, -0.15) is 5.10 Å². The summed E-state index contributed by atoms with van der Waals surface area (Å²) in [5, 5.41) is 13.2. The molecule has 0 unspecified atom stereocenters. The van der Waals surface area contributed by atoms with E-state index >= 15 is 0 Å². The summed E-state index contributed by atoms with van der Waals surface area (Å²) in [6.07, 6.45) is 0.893. The summed E-state index contributed by atoms with van der Waals surface area (Å²) in [5.41, 5.74) is 1.98. The van der Waals surface area contributed by atoms with Crippen LogP contribution in [0.25, 0.3) is 0 Å². The van der Waals surface area contributed by atoms with E-state index in [0.29, 0.717) is 13.1 Å². The zero-order valence-electron chi connectivity index (χ0n) is 9.19. The lowest BCUT2D eigenvalue weighted by Gasteiger charge is -2.36. The Kier molecular flexibility index (Phi) is 1.99. The molecular formula is C10H15N3O2. The highest BCUT2D eigenvalue weighted by Gasteiger charge is 2.36. The molecule has 5 heteroatoms. The summed E-state index contributed by atoms with van der Waals surface area (Å²) >= 11 is 0. The fraction of sp³-hybridized carbons (Fsp3) is 0.600. The zero-order valence-corrected chi connectivity index (χ0v) is 9.19. The van der Waals surface area contributed by atoms with Gasteiger partial charge >= 0.3 is 6.09 Å².